The van der Waals surface area contributed by atoms with Gasteiger partial charge >= 0.3 is 0 Å². The van der Waals surface area contributed by atoms with E-state index in [9.17, 15) is 45.6 Å². The van der Waals surface area contributed by atoms with Gasteiger partial charge in [-0.3, -0.25) is 4.79 Å². The van der Waals surface area contributed by atoms with Crippen LogP contribution in [0.2, 0.25) is 0 Å². The SMILES string of the molecule is CCCCCCCCCCCCCCC/C=C/C(O)C(COC1OC(CO)C(OC2OC(CO)C(O)C(O)C2O)C(O)C1O)NC(=O)CCCCCCCCCCCCCC. The summed E-state index contributed by atoms with van der Waals surface area (Å²) < 4.78 is 22.7. The summed E-state index contributed by atoms with van der Waals surface area (Å²) in [4.78, 5) is 13.1. The Morgan fingerprint density at radius 3 is 1.51 bits per heavy atom. The lowest BCUT2D eigenvalue weighted by Crippen LogP contribution is -2.65. The van der Waals surface area contributed by atoms with Gasteiger partial charge in [0.25, 0.3) is 0 Å². The van der Waals surface area contributed by atoms with Crippen LogP contribution in [0.25, 0.3) is 0 Å². The minimum Gasteiger partial charge on any atom is -0.394 e. The van der Waals surface area contributed by atoms with E-state index in [2.05, 4.69) is 19.2 Å². The summed E-state index contributed by atoms with van der Waals surface area (Å²) in [5, 5.41) is 86.6. The molecule has 0 aliphatic carbocycles. The minimum atomic E-state index is -1.78. The van der Waals surface area contributed by atoms with Crippen molar-refractivity contribution in [1.29, 1.82) is 0 Å². The molecule has 2 aliphatic rings. The van der Waals surface area contributed by atoms with E-state index in [1.165, 1.54) is 122 Å². The molecule has 0 spiro atoms. The highest BCUT2D eigenvalue weighted by Crippen LogP contribution is 2.30. The number of nitrogens with one attached hydrogen (secondary N) is 1. The van der Waals surface area contributed by atoms with Gasteiger partial charge in [0.15, 0.2) is 12.6 Å². The Labute approximate surface area is 367 Å². The summed E-state index contributed by atoms with van der Waals surface area (Å²) in [5.41, 5.74) is 0. The Kier molecular flexibility index (Phi) is 32.1. The molecule has 14 heteroatoms. The standard InChI is InChI=1S/C47H89NO13/c1-3-5-7-9-11-13-15-17-18-19-20-22-24-26-28-30-36(51)35(48-39(52)31-29-27-25-23-21-16-14-12-10-8-6-4-2)34-58-46-44(57)42(55)45(38(33-50)60-46)61-47-43(56)41(54)40(53)37(32-49)59-47/h28,30,35-38,40-47,49-51,53-57H,3-27,29,31-34H2,1-2H3,(H,48,52)/b30-28+. The third kappa shape index (κ3) is 23.0. The normalized spacial score (nSPS) is 28.0. The van der Waals surface area contributed by atoms with Crippen LogP contribution in [0.15, 0.2) is 12.2 Å². The predicted octanol–water partition coefficient (Wildman–Crippen LogP) is 5.60. The lowest BCUT2D eigenvalue weighted by Gasteiger charge is -2.46. The lowest BCUT2D eigenvalue weighted by atomic mass is 9.97. The molecule has 1 amide bonds. The van der Waals surface area contributed by atoms with E-state index < -0.39 is 86.8 Å². The molecule has 12 unspecified atom stereocenters. The molecule has 0 aromatic rings. The van der Waals surface area contributed by atoms with Crippen molar-refractivity contribution < 1.29 is 64.6 Å². The van der Waals surface area contributed by atoms with Gasteiger partial charge in [0.05, 0.1) is 32.0 Å². The van der Waals surface area contributed by atoms with Crippen LogP contribution in [-0.4, -0.2) is 140 Å². The summed E-state index contributed by atoms with van der Waals surface area (Å²) in [6.07, 6.45) is 18.2. The predicted molar refractivity (Wildman–Crippen MR) is 235 cm³/mol. The first kappa shape index (κ1) is 55.9. The second-order valence-corrected chi connectivity index (χ2v) is 17.6. The lowest BCUT2D eigenvalue weighted by molar-refractivity contribution is -0.359. The number of rotatable bonds is 37. The first-order chi connectivity index (χ1) is 29.6. The Balaban J connectivity index is 1.88. The van der Waals surface area contributed by atoms with Crippen molar-refractivity contribution in [3.05, 3.63) is 12.2 Å². The molecule has 14 nitrogen and oxygen atoms in total. The molecule has 360 valence electrons. The van der Waals surface area contributed by atoms with Crippen molar-refractivity contribution >= 4 is 5.91 Å². The van der Waals surface area contributed by atoms with Crippen LogP contribution in [0.4, 0.5) is 0 Å². The van der Waals surface area contributed by atoms with Crippen LogP contribution in [-0.2, 0) is 23.7 Å². The molecule has 2 aliphatic heterocycles. The largest absolute Gasteiger partial charge is 0.394 e. The highest BCUT2D eigenvalue weighted by Gasteiger charge is 2.51. The zero-order valence-corrected chi connectivity index (χ0v) is 37.9. The number of ether oxygens (including phenoxy) is 4. The van der Waals surface area contributed by atoms with E-state index in [1.54, 1.807) is 6.08 Å². The smallest absolute Gasteiger partial charge is 0.220 e. The van der Waals surface area contributed by atoms with Gasteiger partial charge in [0, 0.05) is 6.42 Å². The number of allylic oxidation sites excluding steroid dienone is 1. The minimum absolute atomic E-state index is 0.240. The number of amides is 1. The van der Waals surface area contributed by atoms with E-state index in [0.29, 0.717) is 6.42 Å². The van der Waals surface area contributed by atoms with Crippen molar-refractivity contribution in [2.45, 2.75) is 261 Å². The Morgan fingerprint density at radius 1 is 0.574 bits per heavy atom. The average molecular weight is 876 g/mol. The van der Waals surface area contributed by atoms with Gasteiger partial charge in [0.2, 0.25) is 5.91 Å². The van der Waals surface area contributed by atoms with Gasteiger partial charge in [-0.05, 0) is 19.3 Å². The zero-order chi connectivity index (χ0) is 44.7. The molecular weight excluding hydrogens is 787 g/mol. The fourth-order valence-electron chi connectivity index (χ4n) is 8.17. The molecule has 0 aromatic heterocycles. The van der Waals surface area contributed by atoms with E-state index in [1.807, 2.05) is 6.08 Å². The van der Waals surface area contributed by atoms with E-state index in [-0.39, 0.29) is 18.9 Å². The Hall–Kier alpha value is -1.27. The third-order valence-corrected chi connectivity index (χ3v) is 12.2. The van der Waals surface area contributed by atoms with Gasteiger partial charge in [-0.15, -0.1) is 0 Å². The maximum absolute atomic E-state index is 13.1. The van der Waals surface area contributed by atoms with Crippen molar-refractivity contribution in [3.8, 4) is 0 Å². The van der Waals surface area contributed by atoms with Crippen molar-refractivity contribution in [2.24, 2.45) is 0 Å². The first-order valence-corrected chi connectivity index (χ1v) is 24.4. The zero-order valence-electron chi connectivity index (χ0n) is 37.9. The quantitative estimate of drug-likeness (QED) is 0.0274. The molecule has 0 bridgehead atoms. The summed E-state index contributed by atoms with van der Waals surface area (Å²) in [5.74, 6) is -0.240. The Bertz CT molecular complexity index is 1080. The van der Waals surface area contributed by atoms with Gasteiger partial charge < -0.3 is 65.1 Å². The highest BCUT2D eigenvalue weighted by molar-refractivity contribution is 5.76. The number of hydrogen-bond acceptors (Lipinski definition) is 13. The van der Waals surface area contributed by atoms with Gasteiger partial charge in [0.1, 0.15) is 48.8 Å². The van der Waals surface area contributed by atoms with E-state index in [0.717, 1.165) is 38.5 Å². The molecule has 61 heavy (non-hydrogen) atoms. The van der Waals surface area contributed by atoms with Crippen LogP contribution in [0, 0.1) is 0 Å². The third-order valence-electron chi connectivity index (χ3n) is 12.2. The molecule has 2 saturated heterocycles. The molecule has 2 heterocycles. The second-order valence-electron chi connectivity index (χ2n) is 17.6. The van der Waals surface area contributed by atoms with E-state index >= 15 is 0 Å². The summed E-state index contributed by atoms with van der Waals surface area (Å²) in [6, 6.07) is -0.906. The topological polar surface area (TPSA) is 228 Å². The molecule has 0 saturated carbocycles. The summed E-state index contributed by atoms with van der Waals surface area (Å²) in [7, 11) is 0. The van der Waals surface area contributed by atoms with Crippen LogP contribution in [0.1, 0.15) is 187 Å². The van der Waals surface area contributed by atoms with Crippen molar-refractivity contribution in [2.75, 3.05) is 19.8 Å². The van der Waals surface area contributed by atoms with Crippen molar-refractivity contribution in [1.82, 2.24) is 5.32 Å². The number of aliphatic hydroxyl groups excluding tert-OH is 8. The number of unbranched alkanes of at least 4 members (excludes halogenated alkanes) is 24. The molecule has 12 atom stereocenters. The van der Waals surface area contributed by atoms with E-state index in [4.69, 9.17) is 18.9 Å². The maximum atomic E-state index is 13.1. The number of hydrogen-bond donors (Lipinski definition) is 9. The molecule has 9 N–H and O–H groups in total. The van der Waals surface area contributed by atoms with Crippen LogP contribution >= 0.6 is 0 Å². The Morgan fingerprint density at radius 2 is 1.02 bits per heavy atom. The molecule has 0 aromatic carbocycles. The second kappa shape index (κ2) is 35.0. The number of aliphatic hydroxyl groups is 8. The van der Waals surface area contributed by atoms with Gasteiger partial charge in [-0.25, -0.2) is 0 Å². The highest BCUT2D eigenvalue weighted by atomic mass is 16.7. The fourth-order valence-corrected chi connectivity index (χ4v) is 8.17. The summed E-state index contributed by atoms with van der Waals surface area (Å²) >= 11 is 0. The monoisotopic (exact) mass is 876 g/mol. The summed E-state index contributed by atoms with van der Waals surface area (Å²) in [6.45, 7) is 2.77. The van der Waals surface area contributed by atoms with Gasteiger partial charge in [-0.1, -0.05) is 174 Å². The first-order valence-electron chi connectivity index (χ1n) is 24.4. The molecule has 2 rings (SSSR count). The maximum Gasteiger partial charge on any atom is 0.220 e. The van der Waals surface area contributed by atoms with Crippen molar-refractivity contribution in [3.63, 3.8) is 0 Å². The number of carbonyl (C=O) groups is 1. The van der Waals surface area contributed by atoms with Crippen LogP contribution < -0.4 is 5.32 Å². The fraction of sp³-hybridized carbons (Fsp3) is 0.936. The van der Waals surface area contributed by atoms with Crippen LogP contribution in [0.3, 0.4) is 0 Å². The molecular formula is C47H89NO13. The average Bonchev–Trinajstić information content (AvgIpc) is 3.26. The van der Waals surface area contributed by atoms with Crippen LogP contribution in [0.5, 0.6) is 0 Å². The number of carbonyl (C=O) groups excluding carboxylic acids is 1. The van der Waals surface area contributed by atoms with Gasteiger partial charge in [-0.2, -0.15) is 0 Å². The molecule has 0 radical (unpaired) electrons. The molecule has 2 fully saturated rings.